The predicted octanol–water partition coefficient (Wildman–Crippen LogP) is 0.546. The lowest BCUT2D eigenvalue weighted by molar-refractivity contribution is 0.0398. The molecular weight excluding hydrogens is 320 g/mol. The van der Waals surface area contributed by atoms with Crippen LogP contribution in [0.3, 0.4) is 0 Å². The van der Waals surface area contributed by atoms with E-state index in [4.69, 9.17) is 4.74 Å². The van der Waals surface area contributed by atoms with Gasteiger partial charge in [-0.2, -0.15) is 0 Å². The van der Waals surface area contributed by atoms with Gasteiger partial charge in [-0.1, -0.05) is 6.07 Å². The maximum atomic E-state index is 12.1. The van der Waals surface area contributed by atoms with Gasteiger partial charge in [-0.25, -0.2) is 9.97 Å². The molecule has 132 valence electrons. The molecule has 1 fully saturated rings. The molecule has 0 radical (unpaired) electrons. The summed E-state index contributed by atoms with van der Waals surface area (Å²) in [6.07, 6.45) is 4.75. The maximum absolute atomic E-state index is 12.1. The zero-order valence-electron chi connectivity index (χ0n) is 14.0. The number of nitrogens with zero attached hydrogens (tertiary/aromatic N) is 4. The average Bonchev–Trinajstić information content (AvgIpc) is 2.68. The number of morpholine rings is 1. The molecule has 8 heteroatoms. The summed E-state index contributed by atoms with van der Waals surface area (Å²) in [5.41, 5.74) is 1.23. The van der Waals surface area contributed by atoms with Gasteiger partial charge in [-0.05, 0) is 12.1 Å². The van der Waals surface area contributed by atoms with Crippen molar-refractivity contribution in [2.24, 2.45) is 0 Å². The summed E-state index contributed by atoms with van der Waals surface area (Å²) in [6, 6.07) is 5.58. The summed E-state index contributed by atoms with van der Waals surface area (Å²) in [7, 11) is 0. The molecule has 25 heavy (non-hydrogen) atoms. The third-order valence-corrected chi connectivity index (χ3v) is 3.89. The highest BCUT2D eigenvalue weighted by Crippen LogP contribution is 2.02. The summed E-state index contributed by atoms with van der Waals surface area (Å²) in [5.74, 6) is 0.306. The van der Waals surface area contributed by atoms with E-state index in [1.54, 1.807) is 6.20 Å². The standard InChI is InChI=1S/C17H22N6O2/c24-16(20-13-15-3-1-2-4-18-15)14-11-21-17(22-12-14)19-5-6-23-7-9-25-10-8-23/h1-4,11-12H,5-10,13H2,(H,20,24)(H,19,21,22). The Morgan fingerprint density at radius 1 is 1.16 bits per heavy atom. The molecule has 0 aliphatic carbocycles. The second-order valence-electron chi connectivity index (χ2n) is 5.68. The molecule has 2 aromatic heterocycles. The topological polar surface area (TPSA) is 92.3 Å². The van der Waals surface area contributed by atoms with Crippen molar-refractivity contribution in [3.8, 4) is 0 Å². The van der Waals surface area contributed by atoms with Crippen LogP contribution in [-0.2, 0) is 11.3 Å². The highest BCUT2D eigenvalue weighted by molar-refractivity contribution is 5.93. The van der Waals surface area contributed by atoms with Crippen molar-refractivity contribution in [1.82, 2.24) is 25.2 Å². The number of anilines is 1. The lowest BCUT2D eigenvalue weighted by Gasteiger charge is -2.26. The fraction of sp³-hybridized carbons (Fsp3) is 0.412. The number of carbonyl (C=O) groups is 1. The van der Waals surface area contributed by atoms with Gasteiger partial charge in [-0.3, -0.25) is 14.7 Å². The van der Waals surface area contributed by atoms with Crippen molar-refractivity contribution in [1.29, 1.82) is 0 Å². The Kier molecular flexibility index (Phi) is 6.24. The van der Waals surface area contributed by atoms with Crippen molar-refractivity contribution < 1.29 is 9.53 Å². The molecule has 1 saturated heterocycles. The summed E-state index contributed by atoms with van der Waals surface area (Å²) in [4.78, 5) is 27.0. The number of ether oxygens (including phenoxy) is 1. The van der Waals surface area contributed by atoms with Crippen molar-refractivity contribution in [2.45, 2.75) is 6.54 Å². The van der Waals surface area contributed by atoms with E-state index < -0.39 is 0 Å². The van der Waals surface area contributed by atoms with Crippen LogP contribution in [0, 0.1) is 0 Å². The molecule has 0 spiro atoms. The highest BCUT2D eigenvalue weighted by Gasteiger charge is 2.10. The van der Waals surface area contributed by atoms with E-state index >= 15 is 0 Å². The minimum Gasteiger partial charge on any atom is -0.379 e. The molecule has 8 nitrogen and oxygen atoms in total. The summed E-state index contributed by atoms with van der Waals surface area (Å²) < 4.78 is 5.32. The number of hydrogen-bond acceptors (Lipinski definition) is 7. The summed E-state index contributed by atoms with van der Waals surface area (Å²) in [5, 5.41) is 5.97. The number of amides is 1. The van der Waals surface area contributed by atoms with E-state index in [0.717, 1.165) is 45.1 Å². The van der Waals surface area contributed by atoms with E-state index in [1.165, 1.54) is 12.4 Å². The van der Waals surface area contributed by atoms with Gasteiger partial charge in [0, 0.05) is 44.8 Å². The number of hydrogen-bond donors (Lipinski definition) is 2. The SMILES string of the molecule is O=C(NCc1ccccn1)c1cnc(NCCN2CCOCC2)nc1. The molecule has 3 heterocycles. The van der Waals surface area contributed by atoms with Crippen molar-refractivity contribution in [3.05, 3.63) is 48.0 Å². The molecule has 0 atom stereocenters. The van der Waals surface area contributed by atoms with Crippen molar-refractivity contribution in [3.63, 3.8) is 0 Å². The molecule has 1 aliphatic heterocycles. The molecule has 0 bridgehead atoms. The zero-order valence-corrected chi connectivity index (χ0v) is 14.0. The van der Waals surface area contributed by atoms with E-state index in [0.29, 0.717) is 18.1 Å². The maximum Gasteiger partial charge on any atom is 0.254 e. The first-order chi connectivity index (χ1) is 12.3. The molecule has 1 amide bonds. The van der Waals surface area contributed by atoms with Crippen LogP contribution in [0.2, 0.25) is 0 Å². The number of rotatable bonds is 7. The molecule has 0 saturated carbocycles. The Balaban J connectivity index is 1.42. The quantitative estimate of drug-likeness (QED) is 0.759. The predicted molar refractivity (Wildman–Crippen MR) is 93.2 cm³/mol. The Morgan fingerprint density at radius 2 is 1.96 bits per heavy atom. The normalized spacial score (nSPS) is 14.9. The van der Waals surface area contributed by atoms with Crippen LogP contribution in [0.4, 0.5) is 5.95 Å². The molecule has 2 N–H and O–H groups in total. The molecule has 0 unspecified atom stereocenters. The number of nitrogens with one attached hydrogen (secondary N) is 2. The van der Waals surface area contributed by atoms with Crippen LogP contribution in [0.1, 0.15) is 16.1 Å². The van der Waals surface area contributed by atoms with E-state index in [-0.39, 0.29) is 5.91 Å². The smallest absolute Gasteiger partial charge is 0.254 e. The van der Waals surface area contributed by atoms with Gasteiger partial charge >= 0.3 is 0 Å². The number of carbonyl (C=O) groups excluding carboxylic acids is 1. The highest BCUT2D eigenvalue weighted by atomic mass is 16.5. The molecule has 3 rings (SSSR count). The van der Waals surface area contributed by atoms with Gasteiger partial charge in [0.25, 0.3) is 5.91 Å². The van der Waals surface area contributed by atoms with Gasteiger partial charge in [-0.15, -0.1) is 0 Å². The van der Waals surface area contributed by atoms with Gasteiger partial charge < -0.3 is 15.4 Å². The first kappa shape index (κ1) is 17.2. The summed E-state index contributed by atoms with van der Waals surface area (Å²) in [6.45, 7) is 5.54. The van der Waals surface area contributed by atoms with Gasteiger partial charge in [0.15, 0.2) is 0 Å². The summed E-state index contributed by atoms with van der Waals surface area (Å²) >= 11 is 0. The Labute approximate surface area is 146 Å². The first-order valence-electron chi connectivity index (χ1n) is 8.35. The molecular formula is C17H22N6O2. The fourth-order valence-corrected chi connectivity index (χ4v) is 2.46. The number of aromatic nitrogens is 3. The second-order valence-corrected chi connectivity index (χ2v) is 5.68. The Morgan fingerprint density at radius 3 is 2.68 bits per heavy atom. The lowest BCUT2D eigenvalue weighted by Crippen LogP contribution is -2.39. The van der Waals surface area contributed by atoms with Crippen LogP contribution in [0.25, 0.3) is 0 Å². The van der Waals surface area contributed by atoms with E-state index in [9.17, 15) is 4.79 Å². The fourth-order valence-electron chi connectivity index (χ4n) is 2.46. The van der Waals surface area contributed by atoms with Crippen LogP contribution < -0.4 is 10.6 Å². The molecule has 1 aliphatic rings. The van der Waals surface area contributed by atoms with Crippen LogP contribution in [0.15, 0.2) is 36.8 Å². The number of pyridine rings is 1. The van der Waals surface area contributed by atoms with Crippen LogP contribution in [-0.4, -0.2) is 65.2 Å². The van der Waals surface area contributed by atoms with Crippen LogP contribution >= 0.6 is 0 Å². The molecule has 2 aromatic rings. The average molecular weight is 342 g/mol. The van der Waals surface area contributed by atoms with Gasteiger partial charge in [0.05, 0.1) is 31.0 Å². The van der Waals surface area contributed by atoms with Gasteiger partial charge in [0.1, 0.15) is 0 Å². The van der Waals surface area contributed by atoms with E-state index in [2.05, 4.69) is 30.5 Å². The van der Waals surface area contributed by atoms with Crippen molar-refractivity contribution in [2.75, 3.05) is 44.7 Å². The van der Waals surface area contributed by atoms with Crippen LogP contribution in [0.5, 0.6) is 0 Å². The van der Waals surface area contributed by atoms with Crippen molar-refractivity contribution >= 4 is 11.9 Å². The minimum atomic E-state index is -0.217. The lowest BCUT2D eigenvalue weighted by atomic mass is 10.3. The second kappa shape index (κ2) is 9.05. The zero-order chi connectivity index (χ0) is 17.3. The molecule has 0 aromatic carbocycles. The largest absolute Gasteiger partial charge is 0.379 e. The Bertz CT molecular complexity index is 659. The minimum absolute atomic E-state index is 0.217. The monoisotopic (exact) mass is 342 g/mol. The van der Waals surface area contributed by atoms with E-state index in [1.807, 2.05) is 18.2 Å². The Hall–Kier alpha value is -2.58. The first-order valence-corrected chi connectivity index (χ1v) is 8.35. The third-order valence-electron chi connectivity index (χ3n) is 3.89. The third kappa shape index (κ3) is 5.47. The van der Waals surface area contributed by atoms with Gasteiger partial charge in [0.2, 0.25) is 5.95 Å².